The highest BCUT2D eigenvalue weighted by atomic mass is 32.1. The van der Waals surface area contributed by atoms with Crippen molar-refractivity contribution in [1.82, 2.24) is 14.9 Å². The van der Waals surface area contributed by atoms with E-state index in [1.54, 1.807) is 11.3 Å². The molecule has 0 radical (unpaired) electrons. The number of anilines is 1. The molecule has 28 heavy (non-hydrogen) atoms. The third-order valence-electron chi connectivity index (χ3n) is 4.45. The molecule has 2 aromatic heterocycles. The van der Waals surface area contributed by atoms with Crippen molar-refractivity contribution in [1.29, 1.82) is 0 Å². The van der Waals surface area contributed by atoms with Crippen LogP contribution >= 0.6 is 11.3 Å². The number of benzene rings is 1. The van der Waals surface area contributed by atoms with E-state index in [4.69, 9.17) is 10.2 Å². The number of aliphatic hydroxyl groups is 2. The predicted octanol–water partition coefficient (Wildman–Crippen LogP) is 2.28. The topological polar surface area (TPSA) is 98.6 Å². The molecule has 0 atom stereocenters. The van der Waals surface area contributed by atoms with Crippen LogP contribution in [-0.4, -0.2) is 63.8 Å². The van der Waals surface area contributed by atoms with E-state index in [1.165, 1.54) is 11.2 Å². The fraction of sp³-hybridized carbons (Fsp3) is 0.350. The average molecular weight is 401 g/mol. The number of fused-ring (bicyclic) bond motifs is 1. The number of amides is 1. The van der Waals surface area contributed by atoms with Gasteiger partial charge >= 0.3 is 0 Å². The maximum atomic E-state index is 12.3. The van der Waals surface area contributed by atoms with Crippen LogP contribution in [0.5, 0.6) is 0 Å². The molecule has 1 amide bonds. The highest BCUT2D eigenvalue weighted by Crippen LogP contribution is 2.40. The minimum absolute atomic E-state index is 0.120. The quantitative estimate of drug-likeness (QED) is 0.510. The number of carbonyl (C=O) groups is 1. The summed E-state index contributed by atoms with van der Waals surface area (Å²) in [7, 11) is 0. The van der Waals surface area contributed by atoms with Crippen LogP contribution in [-0.2, 0) is 4.79 Å². The molecular weight excluding hydrogens is 376 g/mol. The second-order valence-electron chi connectivity index (χ2n) is 6.31. The number of aryl methyl sites for hydroxylation is 1. The number of hydrogen-bond donors (Lipinski definition) is 3. The molecule has 0 saturated carbocycles. The van der Waals surface area contributed by atoms with Crippen molar-refractivity contribution in [3.05, 3.63) is 41.5 Å². The van der Waals surface area contributed by atoms with Crippen molar-refractivity contribution >= 4 is 33.3 Å². The van der Waals surface area contributed by atoms with Gasteiger partial charge in [0.2, 0.25) is 5.91 Å². The van der Waals surface area contributed by atoms with Gasteiger partial charge in [-0.05, 0) is 12.5 Å². The van der Waals surface area contributed by atoms with Crippen LogP contribution in [0.25, 0.3) is 21.3 Å². The smallest absolute Gasteiger partial charge is 0.224 e. The Balaban J connectivity index is 1.80. The maximum absolute atomic E-state index is 12.3. The lowest BCUT2D eigenvalue weighted by Gasteiger charge is -2.20. The van der Waals surface area contributed by atoms with Crippen molar-refractivity contribution in [3.8, 4) is 11.1 Å². The van der Waals surface area contributed by atoms with Gasteiger partial charge in [-0.15, -0.1) is 11.3 Å². The number of aromatic nitrogens is 2. The van der Waals surface area contributed by atoms with Gasteiger partial charge in [-0.1, -0.05) is 30.3 Å². The maximum Gasteiger partial charge on any atom is 0.224 e. The van der Waals surface area contributed by atoms with Crippen molar-refractivity contribution in [2.24, 2.45) is 0 Å². The average Bonchev–Trinajstić information content (AvgIpc) is 3.05. The summed E-state index contributed by atoms with van der Waals surface area (Å²) in [5, 5.41) is 22.4. The monoisotopic (exact) mass is 400 g/mol. The Kier molecular flexibility index (Phi) is 6.91. The molecule has 0 spiro atoms. The lowest BCUT2D eigenvalue weighted by molar-refractivity contribution is -0.131. The number of rotatable bonds is 9. The molecule has 3 N–H and O–H groups in total. The van der Waals surface area contributed by atoms with Crippen molar-refractivity contribution in [3.63, 3.8) is 0 Å². The summed E-state index contributed by atoms with van der Waals surface area (Å²) < 4.78 is 0. The summed E-state index contributed by atoms with van der Waals surface area (Å²) in [5.41, 5.74) is 2.22. The second kappa shape index (κ2) is 9.59. The molecule has 3 aromatic rings. The van der Waals surface area contributed by atoms with E-state index in [-0.39, 0.29) is 38.6 Å². The summed E-state index contributed by atoms with van der Waals surface area (Å²) in [6.45, 7) is 2.67. The Hall–Kier alpha value is -2.55. The fourth-order valence-electron chi connectivity index (χ4n) is 3.18. The van der Waals surface area contributed by atoms with Crippen molar-refractivity contribution in [2.45, 2.75) is 13.3 Å². The number of nitrogens with one attached hydrogen (secondary N) is 1. The Morgan fingerprint density at radius 1 is 1.14 bits per heavy atom. The molecule has 0 unspecified atom stereocenters. The summed E-state index contributed by atoms with van der Waals surface area (Å²) in [5.74, 6) is 0.586. The Labute approximate surface area is 167 Å². The first-order chi connectivity index (χ1) is 13.7. The first-order valence-corrected chi connectivity index (χ1v) is 10.00. The Morgan fingerprint density at radius 3 is 2.54 bits per heavy atom. The molecule has 3 rings (SSSR count). The molecule has 0 aliphatic carbocycles. The van der Waals surface area contributed by atoms with Crippen LogP contribution < -0.4 is 5.32 Å². The van der Waals surface area contributed by atoms with Gasteiger partial charge in [-0.3, -0.25) is 4.79 Å². The molecule has 7 nitrogen and oxygen atoms in total. The van der Waals surface area contributed by atoms with Crippen LogP contribution in [0.2, 0.25) is 0 Å². The van der Waals surface area contributed by atoms with E-state index in [2.05, 4.69) is 34.3 Å². The molecule has 2 heterocycles. The molecule has 0 aliphatic rings. The predicted molar refractivity (Wildman–Crippen MR) is 111 cm³/mol. The van der Waals surface area contributed by atoms with Gasteiger partial charge in [0.1, 0.15) is 17.0 Å². The van der Waals surface area contributed by atoms with Gasteiger partial charge in [0.25, 0.3) is 0 Å². The van der Waals surface area contributed by atoms with Gasteiger partial charge in [0, 0.05) is 36.5 Å². The molecule has 148 valence electrons. The third-order valence-corrected chi connectivity index (χ3v) is 5.46. The molecule has 0 aliphatic heterocycles. The summed E-state index contributed by atoms with van der Waals surface area (Å²) >= 11 is 1.62. The van der Waals surface area contributed by atoms with Crippen molar-refractivity contribution in [2.75, 3.05) is 38.2 Å². The number of aliphatic hydroxyl groups excluding tert-OH is 2. The molecule has 0 saturated heterocycles. The van der Waals surface area contributed by atoms with Gasteiger partial charge in [-0.25, -0.2) is 9.97 Å². The van der Waals surface area contributed by atoms with Crippen LogP contribution in [0.3, 0.4) is 0 Å². The molecule has 8 heteroatoms. The lowest BCUT2D eigenvalue weighted by Crippen LogP contribution is -2.36. The van der Waals surface area contributed by atoms with E-state index >= 15 is 0 Å². The first-order valence-electron chi connectivity index (χ1n) is 9.18. The van der Waals surface area contributed by atoms with E-state index in [0.29, 0.717) is 12.4 Å². The summed E-state index contributed by atoms with van der Waals surface area (Å²) in [6, 6.07) is 10.1. The highest BCUT2D eigenvalue weighted by Gasteiger charge is 2.17. The first kappa shape index (κ1) is 20.2. The third kappa shape index (κ3) is 4.46. The van der Waals surface area contributed by atoms with Gasteiger partial charge in [0.15, 0.2) is 0 Å². The molecule has 0 fully saturated rings. The fourth-order valence-corrected chi connectivity index (χ4v) is 4.19. The largest absolute Gasteiger partial charge is 0.395 e. The SMILES string of the molecule is Cc1sc2ncnc(NCCC(=O)N(CCO)CCO)c2c1-c1ccccc1. The zero-order chi connectivity index (χ0) is 19.9. The summed E-state index contributed by atoms with van der Waals surface area (Å²) in [4.78, 5) is 24.6. The Morgan fingerprint density at radius 2 is 1.86 bits per heavy atom. The molecule has 1 aromatic carbocycles. The highest BCUT2D eigenvalue weighted by molar-refractivity contribution is 7.19. The van der Waals surface area contributed by atoms with E-state index in [0.717, 1.165) is 26.2 Å². The van der Waals surface area contributed by atoms with Gasteiger partial charge < -0.3 is 20.4 Å². The minimum Gasteiger partial charge on any atom is -0.395 e. The Bertz CT molecular complexity index is 924. The minimum atomic E-state index is -0.125. The molecule has 0 bridgehead atoms. The normalized spacial score (nSPS) is 11.0. The van der Waals surface area contributed by atoms with Crippen molar-refractivity contribution < 1.29 is 15.0 Å². The van der Waals surface area contributed by atoms with Crippen LogP contribution in [0.1, 0.15) is 11.3 Å². The van der Waals surface area contributed by atoms with E-state index in [9.17, 15) is 4.79 Å². The van der Waals surface area contributed by atoms with Gasteiger partial charge in [-0.2, -0.15) is 0 Å². The number of carbonyl (C=O) groups excluding carboxylic acids is 1. The zero-order valence-electron chi connectivity index (χ0n) is 15.8. The van der Waals surface area contributed by atoms with Crippen LogP contribution in [0.4, 0.5) is 5.82 Å². The zero-order valence-corrected chi connectivity index (χ0v) is 16.6. The van der Waals surface area contributed by atoms with Gasteiger partial charge in [0.05, 0.1) is 18.6 Å². The summed E-state index contributed by atoms with van der Waals surface area (Å²) in [6.07, 6.45) is 1.77. The standard InChI is InChI=1S/C20H24N4O3S/c1-14-17(15-5-3-2-4-6-15)18-19(22-13-23-20(18)28-14)21-8-7-16(27)24(9-11-25)10-12-26/h2-6,13,25-26H,7-12H2,1H3,(H,21,22,23). The molecular formula is C20H24N4O3S. The van der Waals surface area contributed by atoms with E-state index < -0.39 is 0 Å². The lowest BCUT2D eigenvalue weighted by atomic mass is 10.0. The second-order valence-corrected chi connectivity index (χ2v) is 7.51. The van der Waals surface area contributed by atoms with Crippen LogP contribution in [0, 0.1) is 6.92 Å². The number of nitrogens with zero attached hydrogens (tertiary/aromatic N) is 3. The van der Waals surface area contributed by atoms with E-state index in [1.807, 2.05) is 18.2 Å². The van der Waals surface area contributed by atoms with Crippen LogP contribution in [0.15, 0.2) is 36.7 Å². The number of thiophene rings is 1. The number of hydrogen-bond acceptors (Lipinski definition) is 7.